The lowest BCUT2D eigenvalue weighted by atomic mass is 9.73. The molecule has 0 N–H and O–H groups in total. The lowest BCUT2D eigenvalue weighted by Crippen LogP contribution is -2.21. The van der Waals surface area contributed by atoms with Crippen LogP contribution in [0.3, 0.4) is 0 Å². The van der Waals surface area contributed by atoms with E-state index >= 15 is 0 Å². The molecular weight excluding hydrogens is 267 g/mol. The van der Waals surface area contributed by atoms with Gasteiger partial charge in [0, 0.05) is 11.5 Å². The highest BCUT2D eigenvalue weighted by molar-refractivity contribution is 6.34. The van der Waals surface area contributed by atoms with Crippen LogP contribution < -0.4 is 0 Å². The van der Waals surface area contributed by atoms with Crippen LogP contribution in [0, 0.1) is 5.41 Å². The summed E-state index contributed by atoms with van der Waals surface area (Å²) in [5.74, 6) is 1.25. The van der Waals surface area contributed by atoms with Gasteiger partial charge < -0.3 is 0 Å². The summed E-state index contributed by atoms with van der Waals surface area (Å²) in [6.45, 7) is 6.66. The standard InChI is InChI=1S/C14H20Cl2N2/c1-4-10-11(15)17-13(18-12(10)16)9-5-7-14(2,3)8-6-9/h9H,4-8H2,1-3H3. The highest BCUT2D eigenvalue weighted by atomic mass is 35.5. The van der Waals surface area contributed by atoms with Crippen molar-refractivity contribution >= 4 is 23.2 Å². The maximum Gasteiger partial charge on any atom is 0.137 e. The third-order valence-corrected chi connectivity index (χ3v) is 4.61. The van der Waals surface area contributed by atoms with Crippen LogP contribution in [0.1, 0.15) is 63.8 Å². The van der Waals surface area contributed by atoms with E-state index in [9.17, 15) is 0 Å². The molecule has 1 aromatic heterocycles. The van der Waals surface area contributed by atoms with E-state index in [1.807, 2.05) is 6.92 Å². The number of aromatic nitrogens is 2. The Labute approximate surface area is 119 Å². The van der Waals surface area contributed by atoms with Crippen molar-refractivity contribution in [2.24, 2.45) is 5.41 Å². The van der Waals surface area contributed by atoms with Crippen LogP contribution in [-0.2, 0) is 6.42 Å². The molecule has 0 aliphatic heterocycles. The average molecular weight is 287 g/mol. The zero-order valence-corrected chi connectivity index (χ0v) is 12.8. The van der Waals surface area contributed by atoms with E-state index in [0.29, 0.717) is 21.6 Å². The van der Waals surface area contributed by atoms with Gasteiger partial charge in [-0.25, -0.2) is 9.97 Å². The van der Waals surface area contributed by atoms with Crippen LogP contribution in [-0.4, -0.2) is 9.97 Å². The Balaban J connectivity index is 2.20. The van der Waals surface area contributed by atoms with Crippen molar-refractivity contribution in [3.05, 3.63) is 21.7 Å². The fraction of sp³-hybridized carbons (Fsp3) is 0.714. The molecule has 0 amide bonds. The van der Waals surface area contributed by atoms with Crippen molar-refractivity contribution in [1.29, 1.82) is 0 Å². The van der Waals surface area contributed by atoms with Gasteiger partial charge in [-0.3, -0.25) is 0 Å². The van der Waals surface area contributed by atoms with Crippen LogP contribution in [0.5, 0.6) is 0 Å². The van der Waals surface area contributed by atoms with Crippen LogP contribution in [0.4, 0.5) is 0 Å². The zero-order valence-electron chi connectivity index (χ0n) is 11.3. The first kappa shape index (κ1) is 14.1. The van der Waals surface area contributed by atoms with Crippen LogP contribution in [0.15, 0.2) is 0 Å². The molecule has 4 heteroatoms. The molecule has 2 rings (SSSR count). The Hall–Kier alpha value is -0.340. The van der Waals surface area contributed by atoms with Gasteiger partial charge in [0.25, 0.3) is 0 Å². The molecule has 0 radical (unpaired) electrons. The number of hydrogen-bond donors (Lipinski definition) is 0. The van der Waals surface area contributed by atoms with Gasteiger partial charge in [0.2, 0.25) is 0 Å². The van der Waals surface area contributed by atoms with Crippen molar-refractivity contribution in [2.45, 2.75) is 58.8 Å². The number of halogens is 2. The van der Waals surface area contributed by atoms with Crippen molar-refractivity contribution in [3.8, 4) is 0 Å². The van der Waals surface area contributed by atoms with Gasteiger partial charge in [0.15, 0.2) is 0 Å². The molecule has 2 nitrogen and oxygen atoms in total. The van der Waals surface area contributed by atoms with Crippen molar-refractivity contribution in [1.82, 2.24) is 9.97 Å². The lowest BCUT2D eigenvalue weighted by molar-refractivity contribution is 0.220. The molecule has 0 atom stereocenters. The summed E-state index contributed by atoms with van der Waals surface area (Å²) in [6, 6.07) is 0. The maximum absolute atomic E-state index is 6.17. The molecule has 1 aliphatic rings. The number of rotatable bonds is 2. The average Bonchev–Trinajstić information content (AvgIpc) is 2.28. The van der Waals surface area contributed by atoms with Crippen LogP contribution in [0.2, 0.25) is 10.3 Å². The normalized spacial score (nSPS) is 20.1. The van der Waals surface area contributed by atoms with Gasteiger partial charge in [-0.1, -0.05) is 44.0 Å². The fourth-order valence-corrected chi connectivity index (χ4v) is 3.25. The molecule has 1 saturated carbocycles. The number of nitrogens with zero attached hydrogens (tertiary/aromatic N) is 2. The second kappa shape index (κ2) is 5.34. The Kier molecular flexibility index (Phi) is 4.18. The molecule has 1 fully saturated rings. The zero-order chi connectivity index (χ0) is 13.3. The molecule has 0 saturated heterocycles. The SMILES string of the molecule is CCc1c(Cl)nc(C2CCC(C)(C)CC2)nc1Cl. The first-order chi connectivity index (χ1) is 8.43. The quantitative estimate of drug-likeness (QED) is 0.713. The molecule has 100 valence electrons. The minimum absolute atomic E-state index is 0.416. The van der Waals surface area contributed by atoms with Crippen LogP contribution >= 0.6 is 23.2 Å². The Morgan fingerprint density at radius 3 is 2.06 bits per heavy atom. The summed E-state index contributed by atoms with van der Waals surface area (Å²) in [4.78, 5) is 8.89. The first-order valence-corrected chi connectivity index (χ1v) is 7.40. The monoisotopic (exact) mass is 286 g/mol. The predicted molar refractivity (Wildman–Crippen MR) is 76.4 cm³/mol. The van der Waals surface area contributed by atoms with E-state index in [0.717, 1.165) is 30.7 Å². The Morgan fingerprint density at radius 1 is 1.11 bits per heavy atom. The predicted octanol–water partition coefficient (Wildman–Crippen LogP) is 5.03. The topological polar surface area (TPSA) is 25.8 Å². The molecule has 1 aliphatic carbocycles. The first-order valence-electron chi connectivity index (χ1n) is 6.65. The van der Waals surface area contributed by atoms with E-state index in [2.05, 4.69) is 23.8 Å². The van der Waals surface area contributed by atoms with Gasteiger partial charge in [-0.15, -0.1) is 0 Å². The Bertz CT molecular complexity index is 410. The third-order valence-electron chi connectivity index (χ3n) is 3.98. The summed E-state index contributed by atoms with van der Waals surface area (Å²) in [7, 11) is 0. The minimum Gasteiger partial charge on any atom is -0.221 e. The number of hydrogen-bond acceptors (Lipinski definition) is 2. The molecular formula is C14H20Cl2N2. The second-order valence-corrected chi connectivity index (χ2v) is 6.65. The highest BCUT2D eigenvalue weighted by Crippen LogP contribution is 2.42. The molecule has 0 aromatic carbocycles. The molecule has 1 aromatic rings. The van der Waals surface area contributed by atoms with E-state index in [1.54, 1.807) is 0 Å². The molecule has 0 spiro atoms. The van der Waals surface area contributed by atoms with Crippen molar-refractivity contribution in [2.75, 3.05) is 0 Å². The summed E-state index contributed by atoms with van der Waals surface area (Å²) >= 11 is 12.3. The second-order valence-electron chi connectivity index (χ2n) is 5.93. The van der Waals surface area contributed by atoms with Gasteiger partial charge in [-0.2, -0.15) is 0 Å². The van der Waals surface area contributed by atoms with Gasteiger partial charge >= 0.3 is 0 Å². The van der Waals surface area contributed by atoms with Gasteiger partial charge in [0.05, 0.1) is 0 Å². The Morgan fingerprint density at radius 2 is 1.61 bits per heavy atom. The summed E-state index contributed by atoms with van der Waals surface area (Å²) in [6.07, 6.45) is 5.46. The summed E-state index contributed by atoms with van der Waals surface area (Å²) in [5.41, 5.74) is 1.31. The van der Waals surface area contributed by atoms with E-state index in [1.165, 1.54) is 12.8 Å². The summed E-state index contributed by atoms with van der Waals surface area (Å²) in [5, 5.41) is 1.05. The van der Waals surface area contributed by atoms with E-state index in [-0.39, 0.29) is 0 Å². The van der Waals surface area contributed by atoms with E-state index < -0.39 is 0 Å². The lowest BCUT2D eigenvalue weighted by Gasteiger charge is -2.33. The summed E-state index contributed by atoms with van der Waals surface area (Å²) < 4.78 is 0. The van der Waals surface area contributed by atoms with Crippen molar-refractivity contribution in [3.63, 3.8) is 0 Å². The van der Waals surface area contributed by atoms with Crippen molar-refractivity contribution < 1.29 is 0 Å². The molecule has 1 heterocycles. The smallest absolute Gasteiger partial charge is 0.137 e. The maximum atomic E-state index is 6.17. The molecule has 0 unspecified atom stereocenters. The molecule has 0 bridgehead atoms. The largest absolute Gasteiger partial charge is 0.221 e. The third kappa shape index (κ3) is 2.97. The van der Waals surface area contributed by atoms with Gasteiger partial charge in [-0.05, 0) is 37.5 Å². The van der Waals surface area contributed by atoms with E-state index in [4.69, 9.17) is 23.2 Å². The van der Waals surface area contributed by atoms with Gasteiger partial charge in [0.1, 0.15) is 16.1 Å². The molecule has 18 heavy (non-hydrogen) atoms. The minimum atomic E-state index is 0.416. The highest BCUT2D eigenvalue weighted by Gasteiger charge is 2.29. The van der Waals surface area contributed by atoms with Crippen LogP contribution in [0.25, 0.3) is 0 Å². The fourth-order valence-electron chi connectivity index (χ4n) is 2.58.